The number of nitrogens with two attached hydrogens (primary N) is 1. The van der Waals surface area contributed by atoms with Gasteiger partial charge in [-0.2, -0.15) is 0 Å². The Morgan fingerprint density at radius 1 is 1.47 bits per heavy atom. The molecule has 1 aliphatic rings. The van der Waals surface area contributed by atoms with Gasteiger partial charge in [-0.25, -0.2) is 9.18 Å². The maximum Gasteiger partial charge on any atom is 0.322 e. The zero-order chi connectivity index (χ0) is 10.8. The first-order valence-electron chi connectivity index (χ1n) is 4.74. The molecule has 1 unspecified atom stereocenters. The van der Waals surface area contributed by atoms with Crippen LogP contribution in [0.15, 0.2) is 24.3 Å². The van der Waals surface area contributed by atoms with Crippen LogP contribution < -0.4 is 16.0 Å². The number of benzene rings is 1. The first-order valence-corrected chi connectivity index (χ1v) is 4.74. The molecule has 3 N–H and O–H groups in total. The molecule has 0 aliphatic carbocycles. The third-order valence-electron chi connectivity index (χ3n) is 2.40. The van der Waals surface area contributed by atoms with E-state index in [0.29, 0.717) is 18.8 Å². The summed E-state index contributed by atoms with van der Waals surface area (Å²) in [7, 11) is 0. The van der Waals surface area contributed by atoms with E-state index in [0.717, 1.165) is 0 Å². The molecule has 0 saturated carbocycles. The summed E-state index contributed by atoms with van der Waals surface area (Å²) in [4.78, 5) is 13.0. The number of hydrogen-bond donors (Lipinski definition) is 2. The number of anilines is 1. The highest BCUT2D eigenvalue weighted by Gasteiger charge is 2.28. The molecule has 0 radical (unpaired) electrons. The summed E-state index contributed by atoms with van der Waals surface area (Å²) in [5, 5.41) is 2.73. The standard InChI is InChI=1S/C10H12FN3O/c11-7-1-3-9(4-2-7)14-6-8(5-12)13-10(14)15/h1-4,8H,5-6,12H2,(H,13,15). The van der Waals surface area contributed by atoms with Crippen LogP contribution in [0.25, 0.3) is 0 Å². The third kappa shape index (κ3) is 1.92. The lowest BCUT2D eigenvalue weighted by Crippen LogP contribution is -2.33. The van der Waals surface area contributed by atoms with E-state index in [1.165, 1.54) is 12.1 Å². The summed E-state index contributed by atoms with van der Waals surface area (Å²) < 4.78 is 12.7. The Bertz CT molecular complexity index is 365. The fraction of sp³-hybridized carbons (Fsp3) is 0.300. The van der Waals surface area contributed by atoms with Crippen LogP contribution in [0.5, 0.6) is 0 Å². The molecule has 80 valence electrons. The second kappa shape index (κ2) is 3.86. The zero-order valence-corrected chi connectivity index (χ0v) is 8.11. The van der Waals surface area contributed by atoms with Crippen LogP contribution in [-0.4, -0.2) is 25.2 Å². The Balaban J connectivity index is 2.18. The maximum absolute atomic E-state index is 12.7. The molecule has 1 atom stereocenters. The van der Waals surface area contributed by atoms with Gasteiger partial charge in [-0.3, -0.25) is 4.90 Å². The molecular weight excluding hydrogens is 197 g/mol. The molecule has 0 spiro atoms. The normalized spacial score (nSPS) is 20.5. The minimum Gasteiger partial charge on any atom is -0.332 e. The largest absolute Gasteiger partial charge is 0.332 e. The van der Waals surface area contributed by atoms with Gasteiger partial charge >= 0.3 is 6.03 Å². The summed E-state index contributed by atoms with van der Waals surface area (Å²) in [5.41, 5.74) is 6.14. The van der Waals surface area contributed by atoms with Crippen molar-refractivity contribution in [3.63, 3.8) is 0 Å². The molecule has 2 rings (SSSR count). The van der Waals surface area contributed by atoms with Gasteiger partial charge in [0, 0.05) is 18.8 Å². The van der Waals surface area contributed by atoms with Crippen molar-refractivity contribution >= 4 is 11.7 Å². The molecule has 1 aromatic rings. The van der Waals surface area contributed by atoms with Crippen LogP contribution in [-0.2, 0) is 0 Å². The maximum atomic E-state index is 12.7. The number of amides is 2. The van der Waals surface area contributed by atoms with Crippen molar-refractivity contribution in [2.75, 3.05) is 18.0 Å². The van der Waals surface area contributed by atoms with E-state index in [9.17, 15) is 9.18 Å². The third-order valence-corrected chi connectivity index (χ3v) is 2.40. The number of carbonyl (C=O) groups excluding carboxylic acids is 1. The summed E-state index contributed by atoms with van der Waals surface area (Å²) >= 11 is 0. The van der Waals surface area contributed by atoms with E-state index in [1.54, 1.807) is 17.0 Å². The summed E-state index contributed by atoms with van der Waals surface area (Å²) in [6.45, 7) is 0.935. The molecular formula is C10H12FN3O. The van der Waals surface area contributed by atoms with Crippen LogP contribution in [0.4, 0.5) is 14.9 Å². The van der Waals surface area contributed by atoms with Gasteiger partial charge in [-0.05, 0) is 24.3 Å². The number of nitrogens with zero attached hydrogens (tertiary/aromatic N) is 1. The number of rotatable bonds is 2. The van der Waals surface area contributed by atoms with E-state index in [2.05, 4.69) is 5.32 Å². The first-order chi connectivity index (χ1) is 7.20. The van der Waals surface area contributed by atoms with Gasteiger partial charge in [0.2, 0.25) is 0 Å². The van der Waals surface area contributed by atoms with E-state index in [4.69, 9.17) is 5.73 Å². The molecule has 0 aromatic heterocycles. The second-order valence-corrected chi connectivity index (χ2v) is 3.47. The quantitative estimate of drug-likeness (QED) is 0.752. The van der Waals surface area contributed by atoms with Gasteiger partial charge in [-0.15, -0.1) is 0 Å². The Kier molecular flexibility index (Phi) is 2.55. The topological polar surface area (TPSA) is 58.4 Å². The van der Waals surface area contributed by atoms with Gasteiger partial charge in [0.1, 0.15) is 5.82 Å². The minimum absolute atomic E-state index is 0.0254. The Labute approximate surface area is 86.9 Å². The summed E-state index contributed by atoms with van der Waals surface area (Å²) in [6, 6.07) is 5.61. The predicted octanol–water partition coefficient (Wildman–Crippen LogP) is 0.683. The zero-order valence-electron chi connectivity index (χ0n) is 8.11. The van der Waals surface area contributed by atoms with Crippen LogP contribution >= 0.6 is 0 Å². The van der Waals surface area contributed by atoms with Crippen molar-refractivity contribution < 1.29 is 9.18 Å². The van der Waals surface area contributed by atoms with E-state index >= 15 is 0 Å². The molecule has 1 aliphatic heterocycles. The molecule has 5 heteroatoms. The molecule has 1 saturated heterocycles. The molecule has 2 amide bonds. The van der Waals surface area contributed by atoms with Crippen molar-refractivity contribution in [2.45, 2.75) is 6.04 Å². The average molecular weight is 209 g/mol. The van der Waals surface area contributed by atoms with Gasteiger partial charge in [0.25, 0.3) is 0 Å². The molecule has 1 fully saturated rings. The number of nitrogens with one attached hydrogen (secondary N) is 1. The van der Waals surface area contributed by atoms with Crippen LogP contribution in [0.1, 0.15) is 0 Å². The van der Waals surface area contributed by atoms with Crippen molar-refractivity contribution in [3.8, 4) is 0 Å². The predicted molar refractivity (Wildman–Crippen MR) is 55.1 cm³/mol. The van der Waals surface area contributed by atoms with Crippen LogP contribution in [0.2, 0.25) is 0 Å². The fourth-order valence-corrected chi connectivity index (χ4v) is 1.58. The van der Waals surface area contributed by atoms with Gasteiger partial charge in [0.05, 0.1) is 6.04 Å². The van der Waals surface area contributed by atoms with Gasteiger partial charge < -0.3 is 11.1 Å². The SMILES string of the molecule is NCC1CN(c2ccc(F)cc2)C(=O)N1. The smallest absolute Gasteiger partial charge is 0.322 e. The van der Waals surface area contributed by atoms with Gasteiger partial charge in [-0.1, -0.05) is 0 Å². The van der Waals surface area contributed by atoms with Crippen molar-refractivity contribution in [3.05, 3.63) is 30.1 Å². The highest BCUT2D eigenvalue weighted by molar-refractivity contribution is 5.94. The number of halogens is 1. The molecule has 15 heavy (non-hydrogen) atoms. The highest BCUT2D eigenvalue weighted by atomic mass is 19.1. The number of carbonyl (C=O) groups is 1. The van der Waals surface area contributed by atoms with E-state index in [1.807, 2.05) is 0 Å². The van der Waals surface area contributed by atoms with Crippen molar-refractivity contribution in [1.29, 1.82) is 0 Å². The molecule has 1 heterocycles. The highest BCUT2D eigenvalue weighted by Crippen LogP contribution is 2.18. The lowest BCUT2D eigenvalue weighted by Gasteiger charge is -2.14. The second-order valence-electron chi connectivity index (χ2n) is 3.47. The van der Waals surface area contributed by atoms with E-state index in [-0.39, 0.29) is 17.9 Å². The molecule has 4 nitrogen and oxygen atoms in total. The lowest BCUT2D eigenvalue weighted by atomic mass is 10.2. The first kappa shape index (κ1) is 9.92. The lowest BCUT2D eigenvalue weighted by molar-refractivity contribution is 0.251. The number of hydrogen-bond acceptors (Lipinski definition) is 2. The van der Waals surface area contributed by atoms with Crippen molar-refractivity contribution in [1.82, 2.24) is 5.32 Å². The average Bonchev–Trinajstić information content (AvgIpc) is 2.61. The molecule has 1 aromatic carbocycles. The number of urea groups is 1. The fourth-order valence-electron chi connectivity index (χ4n) is 1.58. The molecule has 0 bridgehead atoms. The summed E-state index contributed by atoms with van der Waals surface area (Å²) in [6.07, 6.45) is 0. The van der Waals surface area contributed by atoms with Gasteiger partial charge in [0.15, 0.2) is 0 Å². The van der Waals surface area contributed by atoms with E-state index < -0.39 is 0 Å². The van der Waals surface area contributed by atoms with Crippen LogP contribution in [0, 0.1) is 5.82 Å². The summed E-state index contributed by atoms with van der Waals surface area (Å²) in [5.74, 6) is -0.311. The Morgan fingerprint density at radius 2 is 2.13 bits per heavy atom. The monoisotopic (exact) mass is 209 g/mol. The van der Waals surface area contributed by atoms with Crippen LogP contribution in [0.3, 0.4) is 0 Å². The Morgan fingerprint density at radius 3 is 2.67 bits per heavy atom. The minimum atomic E-state index is -0.311. The van der Waals surface area contributed by atoms with Crippen molar-refractivity contribution in [2.24, 2.45) is 5.73 Å². The Hall–Kier alpha value is -1.62.